The predicted molar refractivity (Wildman–Crippen MR) is 80.1 cm³/mol. The van der Waals surface area contributed by atoms with Crippen molar-refractivity contribution in [1.29, 1.82) is 0 Å². The number of nitrogens with one attached hydrogen (secondary N) is 1. The number of carbonyl (C=O) groups is 1. The number of hydrogen-bond donors (Lipinski definition) is 2. The number of nitrogens with zero attached hydrogens (tertiary/aromatic N) is 4. The van der Waals surface area contributed by atoms with Gasteiger partial charge < -0.3 is 16.0 Å². The molecule has 2 rings (SSSR count). The number of rotatable bonds is 5. The quantitative estimate of drug-likeness (QED) is 0.838. The second-order valence-electron chi connectivity index (χ2n) is 4.56. The van der Waals surface area contributed by atoms with E-state index in [2.05, 4.69) is 15.4 Å². The van der Waals surface area contributed by atoms with Gasteiger partial charge in [0.1, 0.15) is 10.7 Å². The summed E-state index contributed by atoms with van der Waals surface area (Å²) < 4.78 is 1.79. The fraction of sp³-hybridized carbons (Fsp3) is 0.417. The van der Waals surface area contributed by atoms with Crippen molar-refractivity contribution in [2.24, 2.45) is 7.05 Å². The number of aryl methyl sites for hydroxylation is 1. The minimum atomic E-state index is -0.185. The lowest BCUT2D eigenvalue weighted by Crippen LogP contribution is -2.26. The number of hydrogen-bond acceptors (Lipinski definition) is 6. The molecule has 2 heterocycles. The molecule has 108 valence electrons. The first kappa shape index (κ1) is 14.3. The Kier molecular flexibility index (Phi) is 4.23. The van der Waals surface area contributed by atoms with Crippen molar-refractivity contribution < 1.29 is 4.79 Å². The molecule has 2 aromatic rings. The van der Waals surface area contributed by atoms with Gasteiger partial charge in [-0.25, -0.2) is 4.98 Å². The van der Waals surface area contributed by atoms with Gasteiger partial charge in [0.25, 0.3) is 5.91 Å². The van der Waals surface area contributed by atoms with Crippen LogP contribution in [0, 0.1) is 0 Å². The van der Waals surface area contributed by atoms with Gasteiger partial charge in [-0.2, -0.15) is 5.10 Å². The molecule has 0 saturated carbocycles. The highest BCUT2D eigenvalue weighted by Gasteiger charge is 2.16. The minimum Gasteiger partial charge on any atom is -0.382 e. The molecule has 0 fully saturated rings. The van der Waals surface area contributed by atoms with Gasteiger partial charge in [-0.15, -0.1) is 0 Å². The average Bonchev–Trinajstić information content (AvgIpc) is 2.96. The van der Waals surface area contributed by atoms with E-state index in [0.29, 0.717) is 11.4 Å². The van der Waals surface area contributed by atoms with E-state index in [-0.39, 0.29) is 11.7 Å². The summed E-state index contributed by atoms with van der Waals surface area (Å²) in [5.74, 6) is 0.0898. The summed E-state index contributed by atoms with van der Waals surface area (Å²) in [5.41, 5.74) is 6.83. The maximum atomic E-state index is 12.1. The average molecular weight is 294 g/mol. The van der Waals surface area contributed by atoms with Crippen molar-refractivity contribution >= 4 is 28.2 Å². The fourth-order valence-corrected chi connectivity index (χ4v) is 2.53. The second-order valence-corrected chi connectivity index (χ2v) is 5.53. The van der Waals surface area contributed by atoms with Gasteiger partial charge in [-0.05, 0) is 6.07 Å². The van der Waals surface area contributed by atoms with Gasteiger partial charge in [-0.3, -0.25) is 9.48 Å². The molecule has 0 atom stereocenters. The summed E-state index contributed by atoms with van der Waals surface area (Å²) in [7, 11) is 5.60. The van der Waals surface area contributed by atoms with Crippen LogP contribution in [0.1, 0.15) is 15.4 Å². The van der Waals surface area contributed by atoms with Crippen LogP contribution in [0.5, 0.6) is 0 Å². The molecule has 20 heavy (non-hydrogen) atoms. The zero-order chi connectivity index (χ0) is 14.7. The monoisotopic (exact) mass is 294 g/mol. The van der Waals surface area contributed by atoms with E-state index >= 15 is 0 Å². The number of amides is 1. The highest BCUT2D eigenvalue weighted by atomic mass is 32.1. The number of carbonyl (C=O) groups excluding carboxylic acids is 1. The van der Waals surface area contributed by atoms with Crippen LogP contribution in [-0.4, -0.2) is 41.3 Å². The van der Waals surface area contributed by atoms with Crippen LogP contribution < -0.4 is 16.0 Å². The molecule has 7 nitrogen and oxygen atoms in total. The van der Waals surface area contributed by atoms with Gasteiger partial charge in [0.05, 0.1) is 0 Å². The lowest BCUT2D eigenvalue weighted by molar-refractivity contribution is 0.0958. The molecule has 8 heteroatoms. The molecule has 0 aromatic carbocycles. The number of thiazole rings is 1. The Morgan fingerprint density at radius 1 is 1.55 bits per heavy atom. The van der Waals surface area contributed by atoms with Crippen molar-refractivity contribution in [3.05, 3.63) is 22.8 Å². The summed E-state index contributed by atoms with van der Waals surface area (Å²) in [5, 5.41) is 7.65. The smallest absolute Gasteiger partial charge is 0.265 e. The normalized spacial score (nSPS) is 10.6. The zero-order valence-corrected chi connectivity index (χ0v) is 12.6. The lowest BCUT2D eigenvalue weighted by atomic mass is 10.3. The third-order valence-corrected chi connectivity index (χ3v) is 4.06. The van der Waals surface area contributed by atoms with Gasteiger partial charge in [0.2, 0.25) is 0 Å². The zero-order valence-electron chi connectivity index (χ0n) is 11.8. The van der Waals surface area contributed by atoms with Crippen LogP contribution in [0.3, 0.4) is 0 Å². The number of anilines is 2. The highest BCUT2D eigenvalue weighted by Crippen LogP contribution is 2.26. The third-order valence-electron chi connectivity index (χ3n) is 2.82. The first-order valence-electron chi connectivity index (χ1n) is 6.17. The van der Waals surface area contributed by atoms with Crippen LogP contribution >= 0.6 is 11.3 Å². The first-order valence-corrected chi connectivity index (χ1v) is 6.99. The van der Waals surface area contributed by atoms with Gasteiger partial charge in [0, 0.05) is 46.0 Å². The van der Waals surface area contributed by atoms with Crippen molar-refractivity contribution in [2.75, 3.05) is 31.3 Å². The summed E-state index contributed by atoms with van der Waals surface area (Å²) in [6.07, 6.45) is 2.46. The molecule has 0 bridgehead atoms. The Labute approximate surface area is 121 Å². The summed E-state index contributed by atoms with van der Waals surface area (Å²) in [6, 6.07) is 1.93. The Hall–Kier alpha value is -2.09. The van der Waals surface area contributed by atoms with Crippen molar-refractivity contribution in [3.63, 3.8) is 0 Å². The van der Waals surface area contributed by atoms with Crippen molar-refractivity contribution in [2.45, 2.75) is 6.42 Å². The Balaban J connectivity index is 1.93. The lowest BCUT2D eigenvalue weighted by Gasteiger charge is -2.05. The molecule has 0 unspecified atom stereocenters. The minimum absolute atomic E-state index is 0.185. The molecule has 1 amide bonds. The number of nitrogens with two attached hydrogens (primary N) is 1. The first-order chi connectivity index (χ1) is 9.49. The molecule has 0 spiro atoms. The largest absolute Gasteiger partial charge is 0.382 e. The molecular weight excluding hydrogens is 276 g/mol. The Bertz CT molecular complexity index is 603. The Morgan fingerprint density at radius 2 is 2.30 bits per heavy atom. The molecule has 0 aliphatic rings. The predicted octanol–water partition coefficient (Wildman–Crippen LogP) is 0.497. The standard InChI is InChI=1S/C12H18N6OS/c1-17(2)12-16-10(13)9(20-12)11(19)14-6-4-8-5-7-15-18(8)3/h5,7H,4,6,13H2,1-3H3,(H,14,19). The molecule has 2 aromatic heterocycles. The number of nitrogen functional groups attached to an aromatic ring is 1. The third kappa shape index (κ3) is 3.08. The number of aromatic nitrogens is 3. The Morgan fingerprint density at radius 3 is 2.85 bits per heavy atom. The van der Waals surface area contributed by atoms with E-state index in [1.54, 1.807) is 10.9 Å². The SMILES string of the molecule is CN(C)c1nc(N)c(C(=O)NCCc2ccnn2C)s1. The van der Waals surface area contributed by atoms with E-state index in [0.717, 1.165) is 17.2 Å². The molecule has 0 aliphatic heterocycles. The molecule has 3 N–H and O–H groups in total. The second kappa shape index (κ2) is 5.91. The van der Waals surface area contributed by atoms with E-state index in [1.165, 1.54) is 11.3 Å². The maximum absolute atomic E-state index is 12.1. The summed E-state index contributed by atoms with van der Waals surface area (Å²) in [4.78, 5) is 18.5. The fourth-order valence-electron chi connectivity index (χ4n) is 1.71. The molecule has 0 aliphatic carbocycles. The van der Waals surface area contributed by atoms with E-state index < -0.39 is 0 Å². The van der Waals surface area contributed by atoms with Crippen LogP contribution in [0.2, 0.25) is 0 Å². The summed E-state index contributed by atoms with van der Waals surface area (Å²) in [6.45, 7) is 0.535. The van der Waals surface area contributed by atoms with E-state index in [4.69, 9.17) is 5.73 Å². The molecular formula is C12H18N6OS. The maximum Gasteiger partial charge on any atom is 0.265 e. The van der Waals surface area contributed by atoms with Crippen molar-refractivity contribution in [1.82, 2.24) is 20.1 Å². The summed E-state index contributed by atoms with van der Waals surface area (Å²) >= 11 is 1.29. The van der Waals surface area contributed by atoms with Crippen LogP contribution in [0.4, 0.5) is 10.9 Å². The van der Waals surface area contributed by atoms with Crippen LogP contribution in [-0.2, 0) is 13.5 Å². The topological polar surface area (TPSA) is 89.1 Å². The van der Waals surface area contributed by atoms with E-state index in [1.807, 2.05) is 32.1 Å². The highest BCUT2D eigenvalue weighted by molar-refractivity contribution is 7.18. The van der Waals surface area contributed by atoms with E-state index in [9.17, 15) is 4.79 Å². The van der Waals surface area contributed by atoms with Gasteiger partial charge in [0.15, 0.2) is 5.13 Å². The van der Waals surface area contributed by atoms with Crippen molar-refractivity contribution in [3.8, 4) is 0 Å². The molecule has 0 saturated heterocycles. The van der Waals surface area contributed by atoms with Gasteiger partial charge in [-0.1, -0.05) is 11.3 Å². The van der Waals surface area contributed by atoms with Crippen LogP contribution in [0.15, 0.2) is 12.3 Å². The van der Waals surface area contributed by atoms with Gasteiger partial charge >= 0.3 is 0 Å². The van der Waals surface area contributed by atoms with Crippen LogP contribution in [0.25, 0.3) is 0 Å². The molecule has 0 radical (unpaired) electrons.